The fourth-order valence-electron chi connectivity index (χ4n) is 2.44. The Labute approximate surface area is 119 Å². The van der Waals surface area contributed by atoms with Crippen LogP contribution in [0.1, 0.15) is 18.4 Å². The van der Waals surface area contributed by atoms with Gasteiger partial charge in [0.05, 0.1) is 19.0 Å². The van der Waals surface area contributed by atoms with Crippen LogP contribution in [0.15, 0.2) is 24.3 Å². The number of nitrogens with zero attached hydrogens (tertiary/aromatic N) is 2. The molecule has 5 heteroatoms. The number of amides is 1. The quantitative estimate of drug-likeness (QED) is 0.860. The van der Waals surface area contributed by atoms with Gasteiger partial charge in [0.1, 0.15) is 0 Å². The van der Waals surface area contributed by atoms with Crippen LogP contribution in [-0.4, -0.2) is 36.5 Å². The molecule has 0 bridgehead atoms. The highest BCUT2D eigenvalue weighted by Gasteiger charge is 2.18. The second-order valence-corrected chi connectivity index (χ2v) is 5.22. The van der Waals surface area contributed by atoms with E-state index in [9.17, 15) is 4.79 Å². The van der Waals surface area contributed by atoms with Crippen molar-refractivity contribution in [2.45, 2.75) is 25.3 Å². The first kappa shape index (κ1) is 14.5. The van der Waals surface area contributed by atoms with Crippen molar-refractivity contribution in [1.29, 1.82) is 5.26 Å². The van der Waals surface area contributed by atoms with Crippen LogP contribution in [0, 0.1) is 11.3 Å². The van der Waals surface area contributed by atoms with E-state index in [1.165, 1.54) is 0 Å². The van der Waals surface area contributed by atoms with E-state index in [0.29, 0.717) is 13.0 Å². The molecule has 3 N–H and O–H groups in total. The van der Waals surface area contributed by atoms with Gasteiger partial charge in [-0.3, -0.25) is 9.69 Å². The van der Waals surface area contributed by atoms with E-state index in [2.05, 4.69) is 16.3 Å². The maximum Gasteiger partial charge on any atom is 0.238 e. The Morgan fingerprint density at radius 3 is 2.85 bits per heavy atom. The van der Waals surface area contributed by atoms with Crippen LogP contribution < -0.4 is 11.1 Å². The van der Waals surface area contributed by atoms with Crippen molar-refractivity contribution in [3.05, 3.63) is 29.8 Å². The number of nitrogens with two attached hydrogens (primary N) is 1. The second kappa shape index (κ2) is 7.04. The summed E-state index contributed by atoms with van der Waals surface area (Å²) in [7, 11) is 0. The molecule has 1 amide bonds. The van der Waals surface area contributed by atoms with Gasteiger partial charge in [-0.2, -0.15) is 5.26 Å². The number of benzene rings is 1. The molecule has 0 aliphatic carbocycles. The van der Waals surface area contributed by atoms with E-state index in [-0.39, 0.29) is 11.9 Å². The molecule has 0 aromatic heterocycles. The third-order valence-corrected chi connectivity index (χ3v) is 3.43. The molecule has 1 atom stereocenters. The van der Waals surface area contributed by atoms with Gasteiger partial charge in [-0.25, -0.2) is 0 Å². The molecule has 1 aromatic carbocycles. The summed E-state index contributed by atoms with van der Waals surface area (Å²) in [4.78, 5) is 14.0. The van der Waals surface area contributed by atoms with Crippen molar-refractivity contribution < 1.29 is 4.79 Å². The molecule has 5 nitrogen and oxygen atoms in total. The molecular weight excluding hydrogens is 252 g/mol. The average Bonchev–Trinajstić information content (AvgIpc) is 2.41. The van der Waals surface area contributed by atoms with Crippen LogP contribution in [0.2, 0.25) is 0 Å². The van der Waals surface area contributed by atoms with Crippen LogP contribution in [0.3, 0.4) is 0 Å². The summed E-state index contributed by atoms with van der Waals surface area (Å²) in [6, 6.07) is 9.64. The van der Waals surface area contributed by atoms with Crippen molar-refractivity contribution >= 4 is 11.6 Å². The first-order valence-electron chi connectivity index (χ1n) is 6.91. The number of anilines is 1. The van der Waals surface area contributed by atoms with Crippen LogP contribution in [0.5, 0.6) is 0 Å². The Hall–Kier alpha value is -1.90. The van der Waals surface area contributed by atoms with E-state index in [1.54, 1.807) is 0 Å². The summed E-state index contributed by atoms with van der Waals surface area (Å²) in [5.41, 5.74) is 7.61. The smallest absolute Gasteiger partial charge is 0.238 e. The van der Waals surface area contributed by atoms with Crippen molar-refractivity contribution in [3.63, 3.8) is 0 Å². The van der Waals surface area contributed by atoms with Gasteiger partial charge in [0.15, 0.2) is 0 Å². The molecule has 0 saturated carbocycles. The van der Waals surface area contributed by atoms with E-state index < -0.39 is 0 Å². The highest BCUT2D eigenvalue weighted by molar-refractivity contribution is 5.92. The molecule has 1 saturated heterocycles. The van der Waals surface area contributed by atoms with Crippen LogP contribution in [0.4, 0.5) is 5.69 Å². The van der Waals surface area contributed by atoms with Crippen LogP contribution in [-0.2, 0) is 11.2 Å². The molecule has 1 fully saturated rings. The van der Waals surface area contributed by atoms with Gasteiger partial charge in [-0.15, -0.1) is 0 Å². The lowest BCUT2D eigenvalue weighted by molar-refractivity contribution is -0.117. The Morgan fingerprint density at radius 1 is 1.45 bits per heavy atom. The first-order chi connectivity index (χ1) is 9.67. The maximum atomic E-state index is 12.0. The third-order valence-electron chi connectivity index (χ3n) is 3.43. The van der Waals surface area contributed by atoms with E-state index in [0.717, 1.165) is 37.2 Å². The number of rotatable bonds is 4. The van der Waals surface area contributed by atoms with E-state index in [1.807, 2.05) is 24.3 Å². The highest BCUT2D eigenvalue weighted by Crippen LogP contribution is 2.11. The number of piperidine rings is 1. The lowest BCUT2D eigenvalue weighted by atomic mass is 10.1. The Bertz CT molecular complexity index is 492. The average molecular weight is 272 g/mol. The standard InChI is InChI=1S/C15H20N4O/c16-8-7-12-3-5-14(6-4-12)18-15(20)11-19-9-1-2-13(17)10-19/h3-6,13H,1-2,7,9-11,17H2,(H,18,20). The first-order valence-corrected chi connectivity index (χ1v) is 6.91. The number of hydrogen-bond donors (Lipinski definition) is 2. The number of carbonyl (C=O) groups is 1. The Kier molecular flexibility index (Phi) is 5.10. The second-order valence-electron chi connectivity index (χ2n) is 5.22. The van der Waals surface area contributed by atoms with E-state index in [4.69, 9.17) is 11.0 Å². The number of nitrogens with one attached hydrogen (secondary N) is 1. The molecule has 1 heterocycles. The summed E-state index contributed by atoms with van der Waals surface area (Å²) < 4.78 is 0. The van der Waals surface area contributed by atoms with Gasteiger partial charge in [0.25, 0.3) is 0 Å². The maximum absolute atomic E-state index is 12.0. The van der Waals surface area contributed by atoms with Gasteiger partial charge in [-0.1, -0.05) is 12.1 Å². The molecule has 1 aliphatic rings. The Morgan fingerprint density at radius 2 is 2.20 bits per heavy atom. The van der Waals surface area contributed by atoms with Gasteiger partial charge in [0, 0.05) is 18.3 Å². The predicted molar refractivity (Wildman–Crippen MR) is 78.0 cm³/mol. The number of likely N-dealkylation sites (tertiary alicyclic amines) is 1. The summed E-state index contributed by atoms with van der Waals surface area (Å²) >= 11 is 0. The molecule has 1 unspecified atom stereocenters. The molecular formula is C15H20N4O. The summed E-state index contributed by atoms with van der Waals surface area (Å²) in [5.74, 6) is -0.0212. The van der Waals surface area contributed by atoms with Gasteiger partial charge in [-0.05, 0) is 37.1 Å². The molecule has 20 heavy (non-hydrogen) atoms. The van der Waals surface area contributed by atoms with Crippen molar-refractivity contribution in [2.75, 3.05) is 25.0 Å². The minimum absolute atomic E-state index is 0.0212. The summed E-state index contributed by atoms with van der Waals surface area (Å²) in [6.07, 6.45) is 2.48. The fourth-order valence-corrected chi connectivity index (χ4v) is 2.44. The normalized spacial score (nSPS) is 19.3. The number of hydrogen-bond acceptors (Lipinski definition) is 4. The minimum Gasteiger partial charge on any atom is -0.327 e. The molecule has 1 aromatic rings. The molecule has 0 radical (unpaired) electrons. The lowest BCUT2D eigenvalue weighted by Gasteiger charge is -2.29. The number of nitriles is 1. The van der Waals surface area contributed by atoms with Crippen LogP contribution in [0.25, 0.3) is 0 Å². The van der Waals surface area contributed by atoms with Gasteiger partial charge in [0.2, 0.25) is 5.91 Å². The predicted octanol–water partition coefficient (Wildman–Crippen LogP) is 1.11. The van der Waals surface area contributed by atoms with Crippen molar-refractivity contribution in [1.82, 2.24) is 4.90 Å². The van der Waals surface area contributed by atoms with Gasteiger partial charge < -0.3 is 11.1 Å². The zero-order valence-electron chi connectivity index (χ0n) is 11.5. The monoisotopic (exact) mass is 272 g/mol. The summed E-state index contributed by atoms with van der Waals surface area (Å²) in [6.45, 7) is 2.10. The van der Waals surface area contributed by atoms with Crippen molar-refractivity contribution in [3.8, 4) is 6.07 Å². The zero-order valence-corrected chi connectivity index (χ0v) is 11.5. The third kappa shape index (κ3) is 4.34. The number of carbonyl (C=O) groups excluding carboxylic acids is 1. The highest BCUT2D eigenvalue weighted by atomic mass is 16.2. The minimum atomic E-state index is -0.0212. The SMILES string of the molecule is N#CCc1ccc(NC(=O)CN2CCCC(N)C2)cc1. The fraction of sp³-hybridized carbons (Fsp3) is 0.467. The topological polar surface area (TPSA) is 82.2 Å². The summed E-state index contributed by atoms with van der Waals surface area (Å²) in [5, 5.41) is 11.5. The Balaban J connectivity index is 1.83. The molecule has 106 valence electrons. The lowest BCUT2D eigenvalue weighted by Crippen LogP contribution is -2.45. The molecule has 0 spiro atoms. The zero-order chi connectivity index (χ0) is 14.4. The molecule has 2 rings (SSSR count). The molecule has 1 aliphatic heterocycles. The largest absolute Gasteiger partial charge is 0.327 e. The van der Waals surface area contributed by atoms with Crippen LogP contribution >= 0.6 is 0 Å². The van der Waals surface area contributed by atoms with Crippen molar-refractivity contribution in [2.24, 2.45) is 5.73 Å². The van der Waals surface area contributed by atoms with E-state index >= 15 is 0 Å². The van der Waals surface area contributed by atoms with Gasteiger partial charge >= 0.3 is 0 Å².